The molecule has 0 atom stereocenters. The van der Waals surface area contributed by atoms with Crippen molar-refractivity contribution in [3.05, 3.63) is 71.1 Å². The molecule has 0 saturated heterocycles. The minimum absolute atomic E-state index is 0.0858. The van der Waals surface area contributed by atoms with E-state index in [-0.39, 0.29) is 21.5 Å². The fraction of sp³-hybridized carbons (Fsp3) is 0.111. The van der Waals surface area contributed by atoms with Gasteiger partial charge in [-0.15, -0.1) is 0 Å². The first-order valence-electron chi connectivity index (χ1n) is 7.70. The highest BCUT2D eigenvalue weighted by Gasteiger charge is 2.20. The molecule has 8 heteroatoms. The van der Waals surface area contributed by atoms with Gasteiger partial charge in [-0.25, -0.2) is 13.4 Å². The lowest BCUT2D eigenvalue weighted by atomic mass is 10.2. The standard InChI is InChI=1S/C18H16ClN3O3S/c1-12-6-3-4-8-17(12)26(23,24)22-15-10-14(19)11-21-18(15)25-16-7-5-9-20-13(16)2/h3-11,22H,1-2H3. The summed E-state index contributed by atoms with van der Waals surface area (Å²) in [6.45, 7) is 3.50. The number of aromatic nitrogens is 2. The molecule has 0 aliphatic heterocycles. The maximum Gasteiger partial charge on any atom is 0.262 e. The van der Waals surface area contributed by atoms with Crippen LogP contribution >= 0.6 is 11.6 Å². The second-order valence-electron chi connectivity index (χ2n) is 5.57. The van der Waals surface area contributed by atoms with Gasteiger partial charge in [0.1, 0.15) is 5.69 Å². The number of hydrogen-bond acceptors (Lipinski definition) is 5. The Morgan fingerprint density at radius 2 is 1.85 bits per heavy atom. The molecular weight excluding hydrogens is 374 g/mol. The van der Waals surface area contributed by atoms with Crippen molar-refractivity contribution >= 4 is 27.3 Å². The van der Waals surface area contributed by atoms with Crippen molar-refractivity contribution in [3.63, 3.8) is 0 Å². The zero-order chi connectivity index (χ0) is 18.7. The van der Waals surface area contributed by atoms with Crippen LogP contribution in [0.3, 0.4) is 0 Å². The molecule has 26 heavy (non-hydrogen) atoms. The van der Waals surface area contributed by atoms with E-state index < -0.39 is 10.0 Å². The minimum atomic E-state index is -3.83. The first-order chi connectivity index (χ1) is 12.4. The van der Waals surface area contributed by atoms with E-state index in [0.29, 0.717) is 17.0 Å². The van der Waals surface area contributed by atoms with E-state index in [1.54, 1.807) is 50.4 Å². The summed E-state index contributed by atoms with van der Waals surface area (Å²) >= 11 is 5.99. The first-order valence-corrected chi connectivity index (χ1v) is 9.56. The molecule has 2 heterocycles. The second kappa shape index (κ2) is 7.31. The Kier molecular flexibility index (Phi) is 5.11. The quantitative estimate of drug-likeness (QED) is 0.701. The Morgan fingerprint density at radius 3 is 2.58 bits per heavy atom. The average Bonchev–Trinajstić information content (AvgIpc) is 2.59. The van der Waals surface area contributed by atoms with Crippen LogP contribution in [0.15, 0.2) is 59.8 Å². The highest BCUT2D eigenvalue weighted by molar-refractivity contribution is 7.92. The van der Waals surface area contributed by atoms with Crippen LogP contribution in [0.25, 0.3) is 0 Å². The van der Waals surface area contributed by atoms with Crippen LogP contribution in [0.5, 0.6) is 11.6 Å². The van der Waals surface area contributed by atoms with Crippen LogP contribution in [0.2, 0.25) is 5.02 Å². The minimum Gasteiger partial charge on any atom is -0.435 e. The number of ether oxygens (including phenoxy) is 1. The fourth-order valence-electron chi connectivity index (χ4n) is 2.32. The van der Waals surface area contributed by atoms with E-state index in [2.05, 4.69) is 14.7 Å². The van der Waals surface area contributed by atoms with Crippen molar-refractivity contribution in [2.75, 3.05) is 4.72 Å². The summed E-state index contributed by atoms with van der Waals surface area (Å²) in [5, 5.41) is 0.280. The first kappa shape index (κ1) is 18.2. The van der Waals surface area contributed by atoms with Crippen molar-refractivity contribution < 1.29 is 13.2 Å². The van der Waals surface area contributed by atoms with E-state index in [1.165, 1.54) is 18.3 Å². The van der Waals surface area contributed by atoms with Crippen LogP contribution in [0.1, 0.15) is 11.3 Å². The van der Waals surface area contributed by atoms with Crippen LogP contribution < -0.4 is 9.46 Å². The number of halogens is 1. The van der Waals surface area contributed by atoms with Crippen molar-refractivity contribution in [3.8, 4) is 11.6 Å². The number of nitrogens with one attached hydrogen (secondary N) is 1. The number of nitrogens with zero attached hydrogens (tertiary/aromatic N) is 2. The maximum absolute atomic E-state index is 12.8. The SMILES string of the molecule is Cc1ccccc1S(=O)(=O)Nc1cc(Cl)cnc1Oc1cccnc1C. The van der Waals surface area contributed by atoms with E-state index in [9.17, 15) is 8.42 Å². The van der Waals surface area contributed by atoms with Gasteiger partial charge < -0.3 is 4.74 Å². The lowest BCUT2D eigenvalue weighted by Gasteiger charge is -2.14. The van der Waals surface area contributed by atoms with Gasteiger partial charge >= 0.3 is 0 Å². The van der Waals surface area contributed by atoms with Crippen LogP contribution in [0, 0.1) is 13.8 Å². The van der Waals surface area contributed by atoms with Crippen molar-refractivity contribution in [2.24, 2.45) is 0 Å². The monoisotopic (exact) mass is 389 g/mol. The second-order valence-corrected chi connectivity index (χ2v) is 7.65. The number of hydrogen-bond donors (Lipinski definition) is 1. The van der Waals surface area contributed by atoms with Crippen LogP contribution in [-0.2, 0) is 10.0 Å². The van der Waals surface area contributed by atoms with Crippen molar-refractivity contribution in [1.29, 1.82) is 0 Å². The van der Waals surface area contributed by atoms with E-state index >= 15 is 0 Å². The molecule has 134 valence electrons. The number of anilines is 1. The molecule has 0 bridgehead atoms. The van der Waals surface area contributed by atoms with Crippen LogP contribution in [0.4, 0.5) is 5.69 Å². The number of aryl methyl sites for hydroxylation is 2. The van der Waals surface area contributed by atoms with Gasteiger partial charge in [0.25, 0.3) is 10.0 Å². The van der Waals surface area contributed by atoms with E-state index in [0.717, 1.165) is 0 Å². The fourth-order valence-corrected chi connectivity index (χ4v) is 3.77. The van der Waals surface area contributed by atoms with Crippen molar-refractivity contribution in [1.82, 2.24) is 9.97 Å². The molecule has 0 amide bonds. The summed E-state index contributed by atoms with van der Waals surface area (Å²) in [5.41, 5.74) is 1.42. The number of pyridine rings is 2. The molecule has 0 saturated carbocycles. The highest BCUT2D eigenvalue weighted by Crippen LogP contribution is 2.32. The molecule has 0 aliphatic carbocycles. The summed E-state index contributed by atoms with van der Waals surface area (Å²) in [6, 6.07) is 11.6. The smallest absolute Gasteiger partial charge is 0.262 e. The molecular formula is C18H16ClN3O3S. The molecule has 2 aromatic heterocycles. The van der Waals surface area contributed by atoms with Gasteiger partial charge in [0.05, 0.1) is 15.6 Å². The molecule has 0 radical (unpaired) electrons. The summed E-state index contributed by atoms with van der Waals surface area (Å²) in [4.78, 5) is 8.41. The molecule has 0 aliphatic rings. The largest absolute Gasteiger partial charge is 0.435 e. The number of benzene rings is 1. The van der Waals surface area contributed by atoms with E-state index in [4.69, 9.17) is 16.3 Å². The van der Waals surface area contributed by atoms with Gasteiger partial charge in [-0.3, -0.25) is 9.71 Å². The third kappa shape index (κ3) is 3.95. The predicted octanol–water partition coefficient (Wildman–Crippen LogP) is 4.34. The molecule has 1 aromatic carbocycles. The van der Waals surface area contributed by atoms with Gasteiger partial charge in [-0.2, -0.15) is 0 Å². The molecule has 0 spiro atoms. The molecule has 3 rings (SSSR count). The maximum atomic E-state index is 12.8. The summed E-state index contributed by atoms with van der Waals surface area (Å²) < 4.78 is 33.8. The zero-order valence-corrected chi connectivity index (χ0v) is 15.7. The zero-order valence-electron chi connectivity index (χ0n) is 14.1. The summed E-state index contributed by atoms with van der Waals surface area (Å²) in [5.74, 6) is 0.557. The van der Waals surface area contributed by atoms with Gasteiger partial charge in [-0.05, 0) is 43.7 Å². The molecule has 3 aromatic rings. The van der Waals surface area contributed by atoms with Crippen molar-refractivity contribution in [2.45, 2.75) is 18.7 Å². The summed E-state index contributed by atoms with van der Waals surface area (Å²) in [7, 11) is -3.83. The lowest BCUT2D eigenvalue weighted by Crippen LogP contribution is -2.15. The Bertz CT molecular complexity index is 1060. The van der Waals surface area contributed by atoms with Gasteiger partial charge in [0, 0.05) is 12.4 Å². The Balaban J connectivity index is 1.99. The van der Waals surface area contributed by atoms with Gasteiger partial charge in [-0.1, -0.05) is 29.8 Å². The lowest BCUT2D eigenvalue weighted by molar-refractivity contribution is 0.459. The van der Waals surface area contributed by atoms with E-state index in [1.807, 2.05) is 0 Å². The van der Waals surface area contributed by atoms with Gasteiger partial charge in [0.15, 0.2) is 5.75 Å². The average molecular weight is 390 g/mol. The summed E-state index contributed by atoms with van der Waals surface area (Å²) in [6.07, 6.45) is 3.02. The third-order valence-corrected chi connectivity index (χ3v) is 5.34. The topological polar surface area (TPSA) is 81.2 Å². The third-order valence-electron chi connectivity index (χ3n) is 3.61. The Labute approximate surface area is 156 Å². The Morgan fingerprint density at radius 1 is 1.08 bits per heavy atom. The molecule has 6 nitrogen and oxygen atoms in total. The molecule has 1 N–H and O–H groups in total. The van der Waals surface area contributed by atoms with Gasteiger partial charge in [0.2, 0.25) is 5.88 Å². The number of sulfonamides is 1. The normalized spacial score (nSPS) is 11.2. The molecule has 0 fully saturated rings. The Hall–Kier alpha value is -2.64. The highest BCUT2D eigenvalue weighted by atomic mass is 35.5. The van der Waals surface area contributed by atoms with Crippen LogP contribution in [-0.4, -0.2) is 18.4 Å². The molecule has 0 unspecified atom stereocenters. The predicted molar refractivity (Wildman–Crippen MR) is 100 cm³/mol. The number of rotatable bonds is 5.